The van der Waals surface area contributed by atoms with Gasteiger partial charge in [0.25, 0.3) is 0 Å². The first-order chi connectivity index (χ1) is 11.0. The summed E-state index contributed by atoms with van der Waals surface area (Å²) in [5, 5.41) is 11.0. The van der Waals surface area contributed by atoms with Crippen molar-refractivity contribution in [1.29, 1.82) is 0 Å². The maximum Gasteiger partial charge on any atom is 0.173 e. The third kappa shape index (κ3) is 4.38. The Morgan fingerprint density at radius 3 is 2.17 bits per heavy atom. The van der Waals surface area contributed by atoms with Gasteiger partial charge in [0, 0.05) is 12.3 Å². The molecule has 0 saturated carbocycles. The maximum absolute atomic E-state index is 12.7. The third-order valence-electron chi connectivity index (χ3n) is 4.17. The maximum atomic E-state index is 12.7. The second-order valence-corrected chi connectivity index (χ2v) is 7.25. The highest BCUT2D eigenvalue weighted by Crippen LogP contribution is 2.37. The fraction of sp³-hybridized carbons (Fsp3) is 0.550. The average molecular weight is 332 g/mol. The molecule has 0 radical (unpaired) electrons. The first-order valence-corrected chi connectivity index (χ1v) is 8.34. The smallest absolute Gasteiger partial charge is 0.173 e. The number of ketones is 3. The van der Waals surface area contributed by atoms with E-state index in [1.54, 1.807) is 19.9 Å². The van der Waals surface area contributed by atoms with Crippen molar-refractivity contribution >= 4 is 17.3 Å². The Labute approximate surface area is 144 Å². The summed E-state index contributed by atoms with van der Waals surface area (Å²) in [6.07, 6.45) is 5.01. The Hall–Kier alpha value is -1.81. The summed E-state index contributed by atoms with van der Waals surface area (Å²) in [6.45, 7) is 10.9. The van der Waals surface area contributed by atoms with Gasteiger partial charge in [-0.15, -0.1) is 0 Å². The minimum absolute atomic E-state index is 0.0368. The van der Waals surface area contributed by atoms with E-state index < -0.39 is 23.1 Å². The Balaban J connectivity index is 3.28. The molecule has 0 bridgehead atoms. The van der Waals surface area contributed by atoms with E-state index in [-0.39, 0.29) is 30.1 Å². The van der Waals surface area contributed by atoms with E-state index in [0.29, 0.717) is 0 Å². The predicted molar refractivity (Wildman–Crippen MR) is 94.5 cm³/mol. The Bertz CT molecular complexity index is 626. The number of rotatable bonds is 7. The summed E-state index contributed by atoms with van der Waals surface area (Å²) in [5.41, 5.74) is 0.00446. The predicted octanol–water partition coefficient (Wildman–Crippen LogP) is 3.35. The Morgan fingerprint density at radius 2 is 1.71 bits per heavy atom. The van der Waals surface area contributed by atoms with Gasteiger partial charge in [0.15, 0.2) is 23.0 Å². The molecule has 132 valence electrons. The van der Waals surface area contributed by atoms with Gasteiger partial charge in [0.05, 0.1) is 11.5 Å². The fourth-order valence-electron chi connectivity index (χ4n) is 2.66. The first-order valence-electron chi connectivity index (χ1n) is 8.34. The lowest BCUT2D eigenvalue weighted by Crippen LogP contribution is -2.43. The summed E-state index contributed by atoms with van der Waals surface area (Å²) < 4.78 is 0. The molecule has 1 unspecified atom stereocenters. The standard InChI is InChI=1S/C20H28O4/c1-12(2)7-9-16-19(23)15(18(22)14(5)6)11-20(16,24)17(21)10-8-13(3)4/h7-8,11,14,16,24H,9-10H2,1-6H3/t16?,20-/m0/s1. The van der Waals surface area contributed by atoms with Crippen LogP contribution in [0.25, 0.3) is 0 Å². The largest absolute Gasteiger partial charge is 0.377 e. The molecule has 1 aliphatic carbocycles. The van der Waals surface area contributed by atoms with Crippen molar-refractivity contribution in [1.82, 2.24) is 0 Å². The summed E-state index contributed by atoms with van der Waals surface area (Å²) in [7, 11) is 0. The third-order valence-corrected chi connectivity index (χ3v) is 4.17. The van der Waals surface area contributed by atoms with Gasteiger partial charge in [0.1, 0.15) is 0 Å². The summed E-state index contributed by atoms with van der Waals surface area (Å²) in [6, 6.07) is 0. The van der Waals surface area contributed by atoms with Crippen LogP contribution in [0.2, 0.25) is 0 Å². The van der Waals surface area contributed by atoms with Crippen LogP contribution >= 0.6 is 0 Å². The van der Waals surface area contributed by atoms with Crippen LogP contribution in [-0.2, 0) is 14.4 Å². The SMILES string of the molecule is CC(C)=CCC(=O)[C@]1(O)C=C(C(=O)C(C)C)C(=O)C1CC=C(C)C. The van der Waals surface area contributed by atoms with Crippen molar-refractivity contribution in [3.8, 4) is 0 Å². The molecule has 1 aliphatic rings. The zero-order chi connectivity index (χ0) is 18.7. The quantitative estimate of drug-likeness (QED) is 0.573. The lowest BCUT2D eigenvalue weighted by molar-refractivity contribution is -0.140. The highest BCUT2D eigenvalue weighted by atomic mass is 16.3. The zero-order valence-electron chi connectivity index (χ0n) is 15.5. The molecule has 1 rings (SSSR count). The molecule has 1 N–H and O–H groups in total. The molecule has 0 aromatic heterocycles. The van der Waals surface area contributed by atoms with E-state index in [0.717, 1.165) is 11.1 Å². The molecule has 0 amide bonds. The van der Waals surface area contributed by atoms with Crippen molar-refractivity contribution < 1.29 is 19.5 Å². The van der Waals surface area contributed by atoms with Crippen molar-refractivity contribution in [2.24, 2.45) is 11.8 Å². The van der Waals surface area contributed by atoms with Gasteiger partial charge in [-0.05, 0) is 40.2 Å². The molecule has 0 aliphatic heterocycles. The highest BCUT2D eigenvalue weighted by molar-refractivity contribution is 6.25. The summed E-state index contributed by atoms with van der Waals surface area (Å²) in [4.78, 5) is 37.5. The van der Waals surface area contributed by atoms with Gasteiger partial charge in [-0.2, -0.15) is 0 Å². The van der Waals surface area contributed by atoms with Gasteiger partial charge < -0.3 is 5.11 Å². The molecule has 0 fully saturated rings. The number of hydrogen-bond acceptors (Lipinski definition) is 4. The van der Waals surface area contributed by atoms with Crippen LogP contribution in [0.1, 0.15) is 54.4 Å². The first kappa shape index (κ1) is 20.2. The molecular formula is C20H28O4. The van der Waals surface area contributed by atoms with Crippen molar-refractivity contribution in [3.05, 3.63) is 34.9 Å². The van der Waals surface area contributed by atoms with Crippen molar-refractivity contribution in [3.63, 3.8) is 0 Å². The number of Topliss-reactive ketones (excluding diaryl/α,β-unsaturated/α-hetero) is 3. The van der Waals surface area contributed by atoms with Gasteiger partial charge in [-0.1, -0.05) is 37.1 Å². The molecule has 0 aromatic carbocycles. The lowest BCUT2D eigenvalue weighted by atomic mass is 9.82. The lowest BCUT2D eigenvalue weighted by Gasteiger charge is -2.25. The van der Waals surface area contributed by atoms with Gasteiger partial charge in [-0.3, -0.25) is 14.4 Å². The molecule has 0 heterocycles. The molecule has 4 heteroatoms. The number of allylic oxidation sites excluding steroid dienone is 5. The van der Waals surface area contributed by atoms with Crippen LogP contribution in [-0.4, -0.2) is 28.1 Å². The molecule has 0 saturated heterocycles. The van der Waals surface area contributed by atoms with Crippen LogP contribution < -0.4 is 0 Å². The van der Waals surface area contributed by atoms with E-state index >= 15 is 0 Å². The van der Waals surface area contributed by atoms with Gasteiger partial charge in [-0.25, -0.2) is 0 Å². The summed E-state index contributed by atoms with van der Waals surface area (Å²) in [5.74, 6) is -2.49. The van der Waals surface area contributed by atoms with E-state index in [1.165, 1.54) is 6.08 Å². The second kappa shape index (κ2) is 7.84. The van der Waals surface area contributed by atoms with Gasteiger partial charge in [0.2, 0.25) is 0 Å². The normalized spacial score (nSPS) is 23.1. The number of carbonyl (C=O) groups excluding carboxylic acids is 3. The van der Waals surface area contributed by atoms with Crippen LogP contribution in [0.3, 0.4) is 0 Å². The van der Waals surface area contributed by atoms with Crippen LogP contribution in [0.4, 0.5) is 0 Å². The Morgan fingerprint density at radius 1 is 1.17 bits per heavy atom. The van der Waals surface area contributed by atoms with E-state index in [9.17, 15) is 19.5 Å². The highest BCUT2D eigenvalue weighted by Gasteiger charge is 2.52. The minimum Gasteiger partial charge on any atom is -0.377 e. The van der Waals surface area contributed by atoms with Gasteiger partial charge >= 0.3 is 0 Å². The molecular weight excluding hydrogens is 304 g/mol. The number of carbonyl (C=O) groups is 3. The zero-order valence-corrected chi connectivity index (χ0v) is 15.5. The van der Waals surface area contributed by atoms with Crippen molar-refractivity contribution in [2.75, 3.05) is 0 Å². The monoisotopic (exact) mass is 332 g/mol. The van der Waals surface area contributed by atoms with E-state index in [4.69, 9.17) is 0 Å². The average Bonchev–Trinajstić information content (AvgIpc) is 2.74. The fourth-order valence-corrected chi connectivity index (χ4v) is 2.66. The molecule has 2 atom stereocenters. The molecule has 0 spiro atoms. The van der Waals surface area contributed by atoms with Crippen LogP contribution in [0.15, 0.2) is 34.9 Å². The minimum atomic E-state index is -1.91. The number of aliphatic hydroxyl groups is 1. The summed E-state index contributed by atoms with van der Waals surface area (Å²) >= 11 is 0. The number of hydrogen-bond donors (Lipinski definition) is 1. The molecule has 4 nitrogen and oxygen atoms in total. The van der Waals surface area contributed by atoms with E-state index in [2.05, 4.69) is 0 Å². The second-order valence-electron chi connectivity index (χ2n) is 7.25. The topological polar surface area (TPSA) is 71.4 Å². The van der Waals surface area contributed by atoms with E-state index in [1.807, 2.05) is 33.8 Å². The van der Waals surface area contributed by atoms with Crippen LogP contribution in [0.5, 0.6) is 0 Å². The Kier molecular flexibility index (Phi) is 6.61. The molecule has 0 aromatic rings. The van der Waals surface area contributed by atoms with Crippen molar-refractivity contribution in [2.45, 2.75) is 60.0 Å². The molecule has 24 heavy (non-hydrogen) atoms. The van der Waals surface area contributed by atoms with Crippen LogP contribution in [0, 0.1) is 11.8 Å².